The summed E-state index contributed by atoms with van der Waals surface area (Å²) in [5.41, 5.74) is 6.53. The van der Waals surface area contributed by atoms with Crippen molar-refractivity contribution in [3.05, 3.63) is 54.6 Å². The molecule has 0 radical (unpaired) electrons. The fraction of sp³-hybridized carbons (Fsp3) is 0.400. The highest BCUT2D eigenvalue weighted by Crippen LogP contribution is 2.31. The summed E-state index contributed by atoms with van der Waals surface area (Å²) in [7, 11) is 1.63. The summed E-state index contributed by atoms with van der Waals surface area (Å²) >= 11 is 0. The molecular formula is C20H26N4O3. The summed E-state index contributed by atoms with van der Waals surface area (Å²) in [6.45, 7) is 1.77. The number of hydrogen-bond acceptors (Lipinski definition) is 5. The van der Waals surface area contributed by atoms with Crippen LogP contribution in [0.4, 0.5) is 0 Å². The van der Waals surface area contributed by atoms with Gasteiger partial charge in [-0.15, -0.1) is 0 Å². The monoisotopic (exact) mass is 370 g/mol. The second kappa shape index (κ2) is 9.23. The molecule has 1 heterocycles. The van der Waals surface area contributed by atoms with Gasteiger partial charge in [-0.3, -0.25) is 4.79 Å². The van der Waals surface area contributed by atoms with E-state index in [1.165, 1.54) is 0 Å². The van der Waals surface area contributed by atoms with E-state index in [1.54, 1.807) is 19.6 Å². The van der Waals surface area contributed by atoms with Gasteiger partial charge in [0.15, 0.2) is 11.5 Å². The van der Waals surface area contributed by atoms with Gasteiger partial charge in [0, 0.05) is 30.5 Å². The SMILES string of the molecule is COc1cccc(CN[C@@H]2CC=CC[C@H]2C(N)=O)c1OCCn1ccnc1. The van der Waals surface area contributed by atoms with E-state index >= 15 is 0 Å². The van der Waals surface area contributed by atoms with Gasteiger partial charge in [0.2, 0.25) is 5.91 Å². The molecule has 0 spiro atoms. The average molecular weight is 370 g/mol. The lowest BCUT2D eigenvalue weighted by Crippen LogP contribution is -2.43. The standard InChI is InChI=1S/C20H26N4O3/c1-26-18-8-4-5-15(19(18)27-12-11-24-10-9-22-14-24)13-23-17-7-3-2-6-16(17)20(21)25/h2-5,8-10,14,16-17,23H,6-7,11-13H2,1H3,(H2,21,25)/t16-,17-/m1/s1. The van der Waals surface area contributed by atoms with Gasteiger partial charge in [0.25, 0.3) is 0 Å². The quantitative estimate of drug-likeness (QED) is 0.658. The maximum absolute atomic E-state index is 11.7. The first-order valence-corrected chi connectivity index (χ1v) is 9.11. The molecule has 2 atom stereocenters. The Morgan fingerprint density at radius 3 is 2.96 bits per heavy atom. The largest absolute Gasteiger partial charge is 0.493 e. The molecule has 1 aromatic carbocycles. The van der Waals surface area contributed by atoms with E-state index < -0.39 is 0 Å². The minimum atomic E-state index is -0.265. The molecule has 2 aromatic rings. The van der Waals surface area contributed by atoms with Crippen molar-refractivity contribution in [3.8, 4) is 11.5 Å². The topological polar surface area (TPSA) is 91.4 Å². The number of nitrogens with zero attached hydrogens (tertiary/aromatic N) is 2. The highest BCUT2D eigenvalue weighted by molar-refractivity contribution is 5.77. The molecule has 1 amide bonds. The number of aromatic nitrogens is 2. The van der Waals surface area contributed by atoms with Crippen molar-refractivity contribution >= 4 is 5.91 Å². The van der Waals surface area contributed by atoms with Gasteiger partial charge in [0.1, 0.15) is 6.61 Å². The molecule has 3 rings (SSSR count). The minimum absolute atomic E-state index is 0.0255. The highest BCUT2D eigenvalue weighted by Gasteiger charge is 2.27. The molecule has 1 aliphatic carbocycles. The molecule has 0 bridgehead atoms. The van der Waals surface area contributed by atoms with Gasteiger partial charge < -0.3 is 25.1 Å². The summed E-state index contributed by atoms with van der Waals surface area (Å²) < 4.78 is 13.5. The van der Waals surface area contributed by atoms with Crippen LogP contribution in [0.5, 0.6) is 11.5 Å². The number of rotatable bonds is 9. The Morgan fingerprint density at radius 1 is 1.37 bits per heavy atom. The zero-order valence-corrected chi connectivity index (χ0v) is 15.5. The summed E-state index contributed by atoms with van der Waals surface area (Å²) in [5, 5.41) is 3.46. The Kier molecular flexibility index (Phi) is 6.49. The molecule has 0 unspecified atom stereocenters. The van der Waals surface area contributed by atoms with Gasteiger partial charge in [-0.25, -0.2) is 4.98 Å². The molecule has 1 aliphatic rings. The lowest BCUT2D eigenvalue weighted by molar-refractivity contribution is -0.122. The van der Waals surface area contributed by atoms with Crippen LogP contribution in [0, 0.1) is 5.92 Å². The van der Waals surface area contributed by atoms with Crippen molar-refractivity contribution in [3.63, 3.8) is 0 Å². The Labute approximate surface area is 159 Å². The van der Waals surface area contributed by atoms with Crippen molar-refractivity contribution in [1.29, 1.82) is 0 Å². The van der Waals surface area contributed by atoms with Crippen LogP contribution in [0.3, 0.4) is 0 Å². The van der Waals surface area contributed by atoms with Crippen molar-refractivity contribution in [1.82, 2.24) is 14.9 Å². The minimum Gasteiger partial charge on any atom is -0.493 e. The maximum atomic E-state index is 11.7. The normalized spacial score (nSPS) is 19.0. The molecule has 3 N–H and O–H groups in total. The number of nitrogens with one attached hydrogen (secondary N) is 1. The van der Waals surface area contributed by atoms with Crippen LogP contribution in [0.2, 0.25) is 0 Å². The van der Waals surface area contributed by atoms with E-state index in [0.29, 0.717) is 31.9 Å². The zero-order valence-electron chi connectivity index (χ0n) is 15.5. The van der Waals surface area contributed by atoms with E-state index in [2.05, 4.69) is 16.4 Å². The van der Waals surface area contributed by atoms with Crippen LogP contribution in [-0.4, -0.2) is 35.2 Å². The summed E-state index contributed by atoms with van der Waals surface area (Å²) in [5.74, 6) is 0.954. The van der Waals surface area contributed by atoms with Crippen molar-refractivity contribution in [2.24, 2.45) is 11.7 Å². The number of hydrogen-bond donors (Lipinski definition) is 2. The van der Waals surface area contributed by atoms with Gasteiger partial charge in [0.05, 0.1) is 25.9 Å². The molecular weight excluding hydrogens is 344 g/mol. The van der Waals surface area contributed by atoms with E-state index in [9.17, 15) is 4.79 Å². The third kappa shape index (κ3) is 4.89. The molecule has 0 saturated carbocycles. The second-order valence-electron chi connectivity index (χ2n) is 6.54. The number of benzene rings is 1. The Balaban J connectivity index is 1.66. The number of primary amides is 1. The Morgan fingerprint density at radius 2 is 2.22 bits per heavy atom. The Bertz CT molecular complexity index is 774. The number of methoxy groups -OCH3 is 1. The second-order valence-corrected chi connectivity index (χ2v) is 6.54. The average Bonchev–Trinajstić information content (AvgIpc) is 3.20. The van der Waals surface area contributed by atoms with E-state index in [-0.39, 0.29) is 17.9 Å². The summed E-state index contributed by atoms with van der Waals surface area (Å²) in [6.07, 6.45) is 11.0. The predicted molar refractivity (Wildman–Crippen MR) is 102 cm³/mol. The van der Waals surface area contributed by atoms with E-state index in [1.807, 2.05) is 35.0 Å². The summed E-state index contributed by atoms with van der Waals surface area (Å²) in [4.78, 5) is 15.7. The lowest BCUT2D eigenvalue weighted by Gasteiger charge is -2.27. The van der Waals surface area contributed by atoms with Crippen LogP contribution in [0.15, 0.2) is 49.1 Å². The first-order chi connectivity index (χ1) is 13.2. The molecule has 1 aromatic heterocycles. The number of allylic oxidation sites excluding steroid dienone is 1. The molecule has 7 nitrogen and oxygen atoms in total. The fourth-order valence-corrected chi connectivity index (χ4v) is 3.29. The maximum Gasteiger partial charge on any atom is 0.222 e. The van der Waals surface area contributed by atoms with Crippen LogP contribution in [0.1, 0.15) is 18.4 Å². The molecule has 144 valence electrons. The van der Waals surface area contributed by atoms with E-state index in [4.69, 9.17) is 15.2 Å². The van der Waals surface area contributed by atoms with Crippen molar-refractivity contribution in [2.75, 3.05) is 13.7 Å². The molecule has 0 saturated heterocycles. The van der Waals surface area contributed by atoms with Gasteiger partial charge in [-0.2, -0.15) is 0 Å². The summed E-state index contributed by atoms with van der Waals surface area (Å²) in [6, 6.07) is 5.84. The number of ether oxygens (including phenoxy) is 2. The third-order valence-corrected chi connectivity index (χ3v) is 4.79. The highest BCUT2D eigenvalue weighted by atomic mass is 16.5. The van der Waals surface area contributed by atoms with Gasteiger partial charge >= 0.3 is 0 Å². The van der Waals surface area contributed by atoms with Crippen LogP contribution < -0.4 is 20.5 Å². The molecule has 0 fully saturated rings. The van der Waals surface area contributed by atoms with Gasteiger partial charge in [-0.1, -0.05) is 24.3 Å². The predicted octanol–water partition coefficient (Wildman–Crippen LogP) is 1.88. The molecule has 0 aliphatic heterocycles. The number of nitrogens with two attached hydrogens (primary N) is 1. The van der Waals surface area contributed by atoms with Crippen LogP contribution in [-0.2, 0) is 17.9 Å². The third-order valence-electron chi connectivity index (χ3n) is 4.79. The van der Waals surface area contributed by atoms with E-state index in [0.717, 1.165) is 17.7 Å². The smallest absolute Gasteiger partial charge is 0.222 e. The van der Waals surface area contributed by atoms with Crippen LogP contribution >= 0.6 is 0 Å². The van der Waals surface area contributed by atoms with Crippen molar-refractivity contribution in [2.45, 2.75) is 32.0 Å². The van der Waals surface area contributed by atoms with Gasteiger partial charge in [-0.05, 0) is 18.9 Å². The van der Waals surface area contributed by atoms with Crippen LogP contribution in [0.25, 0.3) is 0 Å². The number of para-hydroxylation sites is 1. The molecule has 27 heavy (non-hydrogen) atoms. The first kappa shape index (κ1) is 19.0. The number of carbonyl (C=O) groups is 1. The Hall–Kier alpha value is -2.80. The zero-order chi connectivity index (χ0) is 19.1. The fourth-order valence-electron chi connectivity index (χ4n) is 3.29. The lowest BCUT2D eigenvalue weighted by atomic mass is 9.88. The van der Waals surface area contributed by atoms with Crippen molar-refractivity contribution < 1.29 is 14.3 Å². The number of amides is 1. The molecule has 7 heteroatoms. The number of carbonyl (C=O) groups excluding carboxylic acids is 1. The number of imidazole rings is 1. The first-order valence-electron chi connectivity index (χ1n) is 9.11.